The second-order valence-electron chi connectivity index (χ2n) is 6.48. The Morgan fingerprint density at radius 2 is 1.96 bits per heavy atom. The van der Waals surface area contributed by atoms with Crippen molar-refractivity contribution in [1.29, 1.82) is 0 Å². The lowest BCUT2D eigenvalue weighted by Crippen LogP contribution is -2.39. The van der Waals surface area contributed by atoms with Crippen LogP contribution in [0.4, 0.5) is 5.95 Å². The fourth-order valence-corrected chi connectivity index (χ4v) is 3.74. The summed E-state index contributed by atoms with van der Waals surface area (Å²) in [6.07, 6.45) is 1.52. The third-order valence-corrected chi connectivity index (χ3v) is 5.38. The molecule has 4 rings (SSSR count). The summed E-state index contributed by atoms with van der Waals surface area (Å²) in [6.45, 7) is 2.17. The maximum absolute atomic E-state index is 10.1. The van der Waals surface area contributed by atoms with Crippen LogP contribution < -0.4 is 4.90 Å². The number of hydrogen-bond donors (Lipinski definition) is 1. The van der Waals surface area contributed by atoms with Crippen molar-refractivity contribution in [2.75, 3.05) is 18.0 Å². The van der Waals surface area contributed by atoms with Crippen LogP contribution in [0.3, 0.4) is 0 Å². The Labute approximate surface area is 156 Å². The first kappa shape index (κ1) is 16.7. The van der Waals surface area contributed by atoms with E-state index in [0.717, 1.165) is 41.9 Å². The van der Waals surface area contributed by atoms with Gasteiger partial charge in [-0.25, -0.2) is 4.98 Å². The van der Waals surface area contributed by atoms with E-state index in [1.54, 1.807) is 0 Å². The number of fused-ring (bicyclic) bond motifs is 1. The van der Waals surface area contributed by atoms with Crippen molar-refractivity contribution in [3.8, 4) is 0 Å². The molecule has 1 aliphatic heterocycles. The lowest BCUT2D eigenvalue weighted by molar-refractivity contribution is 0.153. The van der Waals surface area contributed by atoms with Crippen LogP contribution in [0.15, 0.2) is 42.5 Å². The molecule has 0 radical (unpaired) electrons. The molecule has 0 aliphatic carbocycles. The quantitative estimate of drug-likeness (QED) is 0.739. The average Bonchev–Trinajstić information content (AvgIpc) is 2.97. The number of aliphatic hydroxyl groups is 1. The van der Waals surface area contributed by atoms with Gasteiger partial charge in [0.15, 0.2) is 0 Å². The van der Waals surface area contributed by atoms with Gasteiger partial charge in [0, 0.05) is 13.1 Å². The largest absolute Gasteiger partial charge is 0.391 e. The zero-order chi connectivity index (χ0) is 17.4. The first-order valence-electron chi connectivity index (χ1n) is 8.44. The molecule has 0 spiro atoms. The number of anilines is 1. The maximum Gasteiger partial charge on any atom is 0.206 e. The number of imidazole rings is 1. The molecule has 25 heavy (non-hydrogen) atoms. The van der Waals surface area contributed by atoms with Gasteiger partial charge in [0.1, 0.15) is 0 Å². The number of rotatable bonds is 3. The van der Waals surface area contributed by atoms with E-state index in [-0.39, 0.29) is 6.10 Å². The summed E-state index contributed by atoms with van der Waals surface area (Å²) in [7, 11) is 0. The van der Waals surface area contributed by atoms with Crippen LogP contribution in [0.25, 0.3) is 11.0 Å². The van der Waals surface area contributed by atoms with Gasteiger partial charge < -0.3 is 14.6 Å². The molecule has 2 aromatic carbocycles. The molecule has 0 saturated carbocycles. The van der Waals surface area contributed by atoms with Crippen molar-refractivity contribution < 1.29 is 5.11 Å². The van der Waals surface area contributed by atoms with E-state index in [2.05, 4.69) is 15.5 Å². The van der Waals surface area contributed by atoms with E-state index < -0.39 is 0 Å². The zero-order valence-corrected chi connectivity index (χ0v) is 15.2. The number of benzene rings is 2. The van der Waals surface area contributed by atoms with Gasteiger partial charge in [0.2, 0.25) is 5.95 Å². The summed E-state index contributed by atoms with van der Waals surface area (Å²) in [5.41, 5.74) is 3.10. The van der Waals surface area contributed by atoms with Crippen molar-refractivity contribution in [2.45, 2.75) is 25.5 Å². The lowest BCUT2D eigenvalue weighted by atomic mass is 10.1. The smallest absolute Gasteiger partial charge is 0.206 e. The van der Waals surface area contributed by atoms with Gasteiger partial charge in [-0.05, 0) is 42.7 Å². The predicted octanol–water partition coefficient (Wildman–Crippen LogP) is 4.35. The van der Waals surface area contributed by atoms with Gasteiger partial charge in [0.05, 0.1) is 33.7 Å². The van der Waals surface area contributed by atoms with E-state index in [9.17, 15) is 5.11 Å². The Hall–Kier alpha value is -1.75. The van der Waals surface area contributed by atoms with Gasteiger partial charge in [0.25, 0.3) is 0 Å². The van der Waals surface area contributed by atoms with E-state index in [0.29, 0.717) is 23.1 Å². The van der Waals surface area contributed by atoms with Crippen molar-refractivity contribution >= 4 is 40.2 Å². The number of hydrogen-bond acceptors (Lipinski definition) is 3. The predicted molar refractivity (Wildman–Crippen MR) is 103 cm³/mol. The minimum Gasteiger partial charge on any atom is -0.391 e. The van der Waals surface area contributed by atoms with E-state index in [1.807, 2.05) is 36.4 Å². The number of aromatic nitrogens is 2. The summed E-state index contributed by atoms with van der Waals surface area (Å²) in [4.78, 5) is 7.00. The molecule has 2 heterocycles. The molecule has 1 saturated heterocycles. The summed E-state index contributed by atoms with van der Waals surface area (Å²) in [5, 5.41) is 11.2. The molecular weight excluding hydrogens is 357 g/mol. The monoisotopic (exact) mass is 375 g/mol. The molecule has 0 bridgehead atoms. The molecule has 3 aromatic rings. The fraction of sp³-hybridized carbons (Fsp3) is 0.316. The Kier molecular flexibility index (Phi) is 4.59. The second-order valence-corrected chi connectivity index (χ2v) is 7.29. The van der Waals surface area contributed by atoms with Crippen molar-refractivity contribution in [3.05, 3.63) is 58.1 Å². The number of nitrogens with zero attached hydrogens (tertiary/aromatic N) is 3. The van der Waals surface area contributed by atoms with Gasteiger partial charge in [-0.1, -0.05) is 41.4 Å². The Balaban J connectivity index is 1.77. The molecule has 1 unspecified atom stereocenters. The van der Waals surface area contributed by atoms with Crippen molar-refractivity contribution in [1.82, 2.24) is 9.55 Å². The lowest BCUT2D eigenvalue weighted by Gasteiger charge is -2.31. The number of halogens is 2. The van der Waals surface area contributed by atoms with Gasteiger partial charge in [-0.3, -0.25) is 0 Å². The van der Waals surface area contributed by atoms with Crippen LogP contribution in [-0.4, -0.2) is 33.9 Å². The first-order valence-corrected chi connectivity index (χ1v) is 9.19. The zero-order valence-electron chi connectivity index (χ0n) is 13.7. The molecule has 1 aromatic heterocycles. The first-order chi connectivity index (χ1) is 12.1. The number of β-amino-alcohol motifs (C(OH)–C–C–N with tert-alkyl or cyclic N) is 1. The molecule has 1 N–H and O–H groups in total. The van der Waals surface area contributed by atoms with Crippen LogP contribution in [0, 0.1) is 0 Å². The van der Waals surface area contributed by atoms with Crippen LogP contribution >= 0.6 is 23.2 Å². The Morgan fingerprint density at radius 1 is 1.12 bits per heavy atom. The minimum atomic E-state index is -0.299. The Morgan fingerprint density at radius 3 is 2.76 bits per heavy atom. The highest BCUT2D eigenvalue weighted by Crippen LogP contribution is 2.28. The van der Waals surface area contributed by atoms with Crippen LogP contribution in [-0.2, 0) is 6.54 Å². The molecule has 6 heteroatoms. The highest BCUT2D eigenvalue weighted by molar-refractivity contribution is 6.42. The Bertz CT molecular complexity index is 909. The van der Waals surface area contributed by atoms with Crippen LogP contribution in [0.1, 0.15) is 18.4 Å². The van der Waals surface area contributed by atoms with Gasteiger partial charge in [-0.15, -0.1) is 0 Å². The third kappa shape index (κ3) is 3.34. The molecule has 4 nitrogen and oxygen atoms in total. The number of aliphatic hydroxyl groups excluding tert-OH is 1. The van der Waals surface area contributed by atoms with Crippen LogP contribution in [0.2, 0.25) is 10.0 Å². The van der Waals surface area contributed by atoms with Crippen LogP contribution in [0.5, 0.6) is 0 Å². The standard InChI is InChI=1S/C19H19Cl2N3O/c20-15-8-7-13(10-16(15)21)11-24-18-6-2-1-5-17(18)22-19(24)23-9-3-4-14(25)12-23/h1-2,5-8,10,14,25H,3-4,9,11-12H2. The van der Waals surface area contributed by atoms with Gasteiger partial charge >= 0.3 is 0 Å². The number of para-hydroxylation sites is 2. The third-order valence-electron chi connectivity index (χ3n) is 4.64. The molecule has 1 atom stereocenters. The normalized spacial score (nSPS) is 18.0. The number of piperidine rings is 1. The van der Waals surface area contributed by atoms with Crippen molar-refractivity contribution in [3.63, 3.8) is 0 Å². The summed E-state index contributed by atoms with van der Waals surface area (Å²) >= 11 is 12.2. The molecule has 1 aliphatic rings. The van der Waals surface area contributed by atoms with E-state index >= 15 is 0 Å². The molecule has 130 valence electrons. The van der Waals surface area contributed by atoms with Gasteiger partial charge in [-0.2, -0.15) is 0 Å². The fourth-order valence-electron chi connectivity index (χ4n) is 3.42. The molecular formula is C19H19Cl2N3O. The minimum absolute atomic E-state index is 0.299. The van der Waals surface area contributed by atoms with Crippen molar-refractivity contribution in [2.24, 2.45) is 0 Å². The summed E-state index contributed by atoms with van der Waals surface area (Å²) < 4.78 is 2.19. The second kappa shape index (κ2) is 6.87. The highest BCUT2D eigenvalue weighted by Gasteiger charge is 2.23. The molecule has 1 fully saturated rings. The summed E-state index contributed by atoms with van der Waals surface area (Å²) in [6, 6.07) is 13.8. The maximum atomic E-state index is 10.1. The average molecular weight is 376 g/mol. The summed E-state index contributed by atoms with van der Waals surface area (Å²) in [5.74, 6) is 0.894. The van der Waals surface area contributed by atoms with E-state index in [1.165, 1.54) is 0 Å². The van der Waals surface area contributed by atoms with E-state index in [4.69, 9.17) is 28.2 Å². The molecule has 0 amide bonds. The SMILES string of the molecule is OC1CCCN(c2nc3ccccc3n2Cc2ccc(Cl)c(Cl)c2)C1. The highest BCUT2D eigenvalue weighted by atomic mass is 35.5. The topological polar surface area (TPSA) is 41.3 Å².